The first kappa shape index (κ1) is 10.3. The van der Waals surface area contributed by atoms with Crippen LogP contribution in [-0.2, 0) is 5.54 Å². The van der Waals surface area contributed by atoms with Crippen molar-refractivity contribution >= 4 is 5.96 Å². The lowest BCUT2D eigenvalue weighted by Crippen LogP contribution is -2.44. The molecule has 0 bridgehead atoms. The van der Waals surface area contributed by atoms with E-state index >= 15 is 0 Å². The number of guanidine groups is 1. The zero-order valence-corrected chi connectivity index (χ0v) is 10.3. The minimum absolute atomic E-state index is 0.0887. The lowest BCUT2D eigenvalue weighted by molar-refractivity contribution is 0.376. The minimum atomic E-state index is 0.0887. The number of nitrogens with one attached hydrogen (secondary N) is 2. The number of hydrogen-bond donors (Lipinski definition) is 2. The molecule has 0 spiro atoms. The van der Waals surface area contributed by atoms with Crippen molar-refractivity contribution in [2.24, 2.45) is 10.9 Å². The van der Waals surface area contributed by atoms with Gasteiger partial charge in [0.25, 0.3) is 0 Å². The maximum absolute atomic E-state index is 4.53. The third-order valence-corrected chi connectivity index (χ3v) is 4.21. The average molecular weight is 246 g/mol. The summed E-state index contributed by atoms with van der Waals surface area (Å²) in [6, 6.07) is 0.575. The second-order valence-corrected chi connectivity index (χ2v) is 5.67. The van der Waals surface area contributed by atoms with E-state index in [1.165, 1.54) is 12.8 Å². The van der Waals surface area contributed by atoms with Crippen molar-refractivity contribution in [1.82, 2.24) is 25.6 Å². The van der Waals surface area contributed by atoms with E-state index in [0.29, 0.717) is 6.04 Å². The standard InChI is InChI=1S/C12H18N6/c1-2-9(1)10-7-13-11(17-10)14-8-12(3-4-12)18-15-5-6-16-18/h5-6,9-10H,1-4,7-8H2,(H2,13,14,17). The van der Waals surface area contributed by atoms with Crippen LogP contribution in [0, 0.1) is 5.92 Å². The predicted octanol–water partition coefficient (Wildman–Crippen LogP) is 0.0946. The topological polar surface area (TPSA) is 67.1 Å². The zero-order chi connectivity index (χ0) is 12.0. The lowest BCUT2D eigenvalue weighted by Gasteiger charge is -2.17. The summed E-state index contributed by atoms with van der Waals surface area (Å²) in [5, 5.41) is 15.4. The van der Waals surface area contributed by atoms with Crippen molar-refractivity contribution < 1.29 is 0 Å². The second-order valence-electron chi connectivity index (χ2n) is 5.67. The summed E-state index contributed by atoms with van der Waals surface area (Å²) in [5.41, 5.74) is 0.0887. The van der Waals surface area contributed by atoms with E-state index in [0.717, 1.165) is 37.8 Å². The molecule has 18 heavy (non-hydrogen) atoms. The van der Waals surface area contributed by atoms with Gasteiger partial charge in [0.05, 0.1) is 30.5 Å². The van der Waals surface area contributed by atoms with E-state index in [1.807, 2.05) is 4.80 Å². The van der Waals surface area contributed by atoms with Crippen LogP contribution in [0.25, 0.3) is 0 Å². The minimum Gasteiger partial charge on any atom is -0.354 e. The largest absolute Gasteiger partial charge is 0.354 e. The summed E-state index contributed by atoms with van der Waals surface area (Å²) < 4.78 is 0. The van der Waals surface area contributed by atoms with Crippen LogP contribution in [0.15, 0.2) is 17.4 Å². The van der Waals surface area contributed by atoms with Gasteiger partial charge in [-0.15, -0.1) is 0 Å². The molecule has 0 aromatic carbocycles. The van der Waals surface area contributed by atoms with E-state index in [1.54, 1.807) is 12.4 Å². The van der Waals surface area contributed by atoms with Gasteiger partial charge in [-0.1, -0.05) is 0 Å². The van der Waals surface area contributed by atoms with Crippen LogP contribution in [0.1, 0.15) is 25.7 Å². The third kappa shape index (κ3) is 1.76. The fourth-order valence-corrected chi connectivity index (χ4v) is 2.63. The smallest absolute Gasteiger partial charge is 0.191 e. The first-order chi connectivity index (χ1) is 8.86. The zero-order valence-electron chi connectivity index (χ0n) is 10.3. The Bertz CT molecular complexity index is 457. The van der Waals surface area contributed by atoms with Crippen molar-refractivity contribution in [1.29, 1.82) is 0 Å². The van der Waals surface area contributed by atoms with Gasteiger partial charge in [0.1, 0.15) is 0 Å². The quantitative estimate of drug-likeness (QED) is 0.790. The Morgan fingerprint density at radius 2 is 2.11 bits per heavy atom. The fourth-order valence-electron chi connectivity index (χ4n) is 2.63. The van der Waals surface area contributed by atoms with Gasteiger partial charge in [-0.25, -0.2) is 0 Å². The van der Waals surface area contributed by atoms with Crippen molar-refractivity contribution in [3.63, 3.8) is 0 Å². The van der Waals surface area contributed by atoms with Crippen molar-refractivity contribution in [3.8, 4) is 0 Å². The van der Waals surface area contributed by atoms with Gasteiger partial charge in [-0.05, 0) is 31.6 Å². The van der Waals surface area contributed by atoms with Crippen LogP contribution >= 0.6 is 0 Å². The summed E-state index contributed by atoms with van der Waals surface area (Å²) in [7, 11) is 0. The highest BCUT2D eigenvalue weighted by molar-refractivity contribution is 5.82. The van der Waals surface area contributed by atoms with Crippen LogP contribution in [0.5, 0.6) is 0 Å². The fraction of sp³-hybridized carbons (Fsp3) is 0.750. The highest BCUT2D eigenvalue weighted by Crippen LogP contribution is 2.41. The molecule has 3 aliphatic rings. The molecule has 2 fully saturated rings. The summed E-state index contributed by atoms with van der Waals surface area (Å²) in [5.74, 6) is 1.82. The second kappa shape index (κ2) is 3.70. The molecule has 96 valence electrons. The first-order valence-electron chi connectivity index (χ1n) is 6.77. The van der Waals surface area contributed by atoms with Crippen LogP contribution in [0.4, 0.5) is 0 Å². The molecule has 6 nitrogen and oxygen atoms in total. The van der Waals surface area contributed by atoms with Crippen molar-refractivity contribution in [2.75, 3.05) is 13.1 Å². The maximum atomic E-state index is 4.53. The molecule has 6 heteroatoms. The van der Waals surface area contributed by atoms with Gasteiger partial charge in [0, 0.05) is 6.54 Å². The Morgan fingerprint density at radius 3 is 2.78 bits per heavy atom. The molecule has 1 aliphatic heterocycles. The van der Waals surface area contributed by atoms with E-state index in [4.69, 9.17) is 0 Å². The third-order valence-electron chi connectivity index (χ3n) is 4.21. The molecule has 1 unspecified atom stereocenters. The highest BCUT2D eigenvalue weighted by atomic mass is 15.5. The van der Waals surface area contributed by atoms with Gasteiger partial charge in [-0.3, -0.25) is 4.99 Å². The molecular formula is C12H18N6. The summed E-state index contributed by atoms with van der Waals surface area (Å²) in [4.78, 5) is 6.38. The molecule has 0 amide bonds. The van der Waals surface area contributed by atoms with Crippen LogP contribution in [-0.4, -0.2) is 40.1 Å². The van der Waals surface area contributed by atoms with Crippen LogP contribution in [0.3, 0.4) is 0 Å². The molecule has 1 aromatic rings. The molecule has 4 rings (SSSR count). The molecule has 0 radical (unpaired) electrons. The molecule has 2 saturated carbocycles. The van der Waals surface area contributed by atoms with Gasteiger partial charge < -0.3 is 10.6 Å². The van der Waals surface area contributed by atoms with E-state index in [2.05, 4.69) is 25.8 Å². The molecule has 1 atom stereocenters. The summed E-state index contributed by atoms with van der Waals surface area (Å²) in [6.07, 6.45) is 8.51. The molecule has 0 saturated heterocycles. The van der Waals surface area contributed by atoms with Gasteiger partial charge in [0.15, 0.2) is 5.96 Å². The number of aliphatic imine (C=N–C) groups is 1. The molecule has 2 heterocycles. The van der Waals surface area contributed by atoms with Gasteiger partial charge in [0.2, 0.25) is 0 Å². The molecule has 2 N–H and O–H groups in total. The average Bonchev–Trinajstić information content (AvgIpc) is 3.29. The van der Waals surface area contributed by atoms with E-state index in [-0.39, 0.29) is 5.54 Å². The van der Waals surface area contributed by atoms with Crippen LogP contribution in [0.2, 0.25) is 0 Å². The normalized spacial score (nSPS) is 28.7. The Morgan fingerprint density at radius 1 is 1.33 bits per heavy atom. The Kier molecular flexibility index (Phi) is 2.13. The van der Waals surface area contributed by atoms with E-state index in [9.17, 15) is 0 Å². The van der Waals surface area contributed by atoms with Crippen molar-refractivity contribution in [3.05, 3.63) is 12.4 Å². The maximum Gasteiger partial charge on any atom is 0.191 e. The number of aromatic nitrogens is 3. The van der Waals surface area contributed by atoms with Gasteiger partial charge >= 0.3 is 0 Å². The van der Waals surface area contributed by atoms with E-state index < -0.39 is 0 Å². The predicted molar refractivity (Wildman–Crippen MR) is 67.2 cm³/mol. The van der Waals surface area contributed by atoms with Crippen LogP contribution < -0.4 is 10.6 Å². The number of hydrogen-bond acceptors (Lipinski definition) is 5. The number of rotatable bonds is 4. The van der Waals surface area contributed by atoms with Crippen molar-refractivity contribution in [2.45, 2.75) is 37.3 Å². The monoisotopic (exact) mass is 246 g/mol. The van der Waals surface area contributed by atoms with Gasteiger partial charge in [-0.2, -0.15) is 15.0 Å². The summed E-state index contributed by atoms with van der Waals surface area (Å²) >= 11 is 0. The first-order valence-corrected chi connectivity index (χ1v) is 6.77. The Balaban J connectivity index is 1.34. The lowest BCUT2D eigenvalue weighted by atomic mass is 10.2. The highest BCUT2D eigenvalue weighted by Gasteiger charge is 2.47. The molecular weight excluding hydrogens is 228 g/mol. The molecule has 2 aliphatic carbocycles. The Labute approximate surface area is 106 Å². The summed E-state index contributed by atoms with van der Waals surface area (Å²) in [6.45, 7) is 1.80. The SMILES string of the molecule is c1cnn(C2(CNC3=NCC(C4CC4)N3)CC2)n1. The number of nitrogens with zero attached hydrogens (tertiary/aromatic N) is 4. The molecule has 1 aromatic heterocycles. The Hall–Kier alpha value is -1.59.